The third kappa shape index (κ3) is 4.73. The number of benzene rings is 1. The maximum atomic E-state index is 11.8. The van der Waals surface area contributed by atoms with Crippen molar-refractivity contribution in [2.24, 2.45) is 5.92 Å². The fourth-order valence-electron chi connectivity index (χ4n) is 1.90. The van der Waals surface area contributed by atoms with E-state index in [-0.39, 0.29) is 11.8 Å². The molecule has 1 aromatic rings. The summed E-state index contributed by atoms with van der Waals surface area (Å²) in [6, 6.07) is 7.07. The van der Waals surface area contributed by atoms with Gasteiger partial charge in [-0.3, -0.25) is 4.79 Å². The Bertz CT molecular complexity index is 454. The second-order valence-electron chi connectivity index (χ2n) is 5.05. The Morgan fingerprint density at radius 1 is 1.26 bits per heavy atom. The molecule has 0 aromatic heterocycles. The van der Waals surface area contributed by atoms with E-state index in [9.17, 15) is 9.59 Å². The molecule has 0 saturated carbocycles. The monoisotopic (exact) mass is 263 g/mol. The lowest BCUT2D eigenvalue weighted by atomic mass is 10.0. The van der Waals surface area contributed by atoms with Gasteiger partial charge in [-0.2, -0.15) is 0 Å². The summed E-state index contributed by atoms with van der Waals surface area (Å²) in [7, 11) is 0. The van der Waals surface area contributed by atoms with E-state index in [1.165, 1.54) is 0 Å². The Balaban J connectivity index is 2.52. The van der Waals surface area contributed by atoms with Gasteiger partial charge in [-0.25, -0.2) is 4.79 Å². The maximum absolute atomic E-state index is 11.8. The van der Waals surface area contributed by atoms with Crippen LogP contribution in [0.1, 0.15) is 31.4 Å². The van der Waals surface area contributed by atoms with Crippen molar-refractivity contribution in [3.63, 3.8) is 0 Å². The SMILES string of the molecule is Cc1ccccc1CCC(=O)N[C@H](C(=O)O)C(C)C. The molecule has 0 saturated heterocycles. The van der Waals surface area contributed by atoms with Gasteiger partial charge in [-0.1, -0.05) is 38.1 Å². The quantitative estimate of drug-likeness (QED) is 0.826. The Kier molecular flexibility index (Phi) is 5.55. The fourth-order valence-corrected chi connectivity index (χ4v) is 1.90. The molecule has 2 N–H and O–H groups in total. The molecule has 104 valence electrons. The molecule has 1 amide bonds. The summed E-state index contributed by atoms with van der Waals surface area (Å²) in [5, 5.41) is 11.6. The van der Waals surface area contributed by atoms with E-state index in [1.807, 2.05) is 31.2 Å². The molecule has 0 bridgehead atoms. The van der Waals surface area contributed by atoms with Crippen LogP contribution >= 0.6 is 0 Å². The minimum atomic E-state index is -0.987. The molecule has 1 aromatic carbocycles. The first-order valence-corrected chi connectivity index (χ1v) is 6.48. The second-order valence-corrected chi connectivity index (χ2v) is 5.05. The highest BCUT2D eigenvalue weighted by atomic mass is 16.4. The maximum Gasteiger partial charge on any atom is 0.326 e. The third-order valence-electron chi connectivity index (χ3n) is 3.13. The zero-order valence-electron chi connectivity index (χ0n) is 11.6. The number of amides is 1. The molecule has 0 aliphatic rings. The fraction of sp³-hybridized carbons (Fsp3) is 0.467. The average molecular weight is 263 g/mol. The third-order valence-corrected chi connectivity index (χ3v) is 3.13. The lowest BCUT2D eigenvalue weighted by molar-refractivity contribution is -0.143. The van der Waals surface area contributed by atoms with Crippen LogP contribution in [0.3, 0.4) is 0 Å². The zero-order valence-corrected chi connectivity index (χ0v) is 11.6. The standard InChI is InChI=1S/C15H21NO3/c1-10(2)14(15(18)19)16-13(17)9-8-12-7-5-4-6-11(12)3/h4-7,10,14H,8-9H2,1-3H3,(H,16,17)(H,18,19)/t14-/m0/s1. The van der Waals surface area contributed by atoms with Crippen LogP contribution in [0.5, 0.6) is 0 Å². The zero-order chi connectivity index (χ0) is 14.4. The summed E-state index contributed by atoms with van der Waals surface area (Å²) in [5.41, 5.74) is 2.27. The van der Waals surface area contributed by atoms with Crippen LogP contribution in [0.2, 0.25) is 0 Å². The van der Waals surface area contributed by atoms with Crippen molar-refractivity contribution < 1.29 is 14.7 Å². The number of rotatable bonds is 6. The number of hydrogen-bond donors (Lipinski definition) is 2. The molecule has 1 atom stereocenters. The predicted octanol–water partition coefficient (Wildman–Crippen LogP) is 2.15. The largest absolute Gasteiger partial charge is 0.480 e. The van der Waals surface area contributed by atoms with Crippen LogP contribution in [0.4, 0.5) is 0 Å². The van der Waals surface area contributed by atoms with Gasteiger partial charge < -0.3 is 10.4 Å². The summed E-state index contributed by atoms with van der Waals surface area (Å²) in [6.07, 6.45) is 0.935. The first-order chi connectivity index (χ1) is 8.91. The van der Waals surface area contributed by atoms with Crippen molar-refractivity contribution in [1.29, 1.82) is 0 Å². The van der Waals surface area contributed by atoms with E-state index >= 15 is 0 Å². The lowest BCUT2D eigenvalue weighted by Gasteiger charge is -2.17. The van der Waals surface area contributed by atoms with Gasteiger partial charge in [0.05, 0.1) is 0 Å². The van der Waals surface area contributed by atoms with Crippen LogP contribution in [-0.2, 0) is 16.0 Å². The van der Waals surface area contributed by atoms with E-state index in [4.69, 9.17) is 5.11 Å². The molecule has 1 rings (SSSR count). The minimum Gasteiger partial charge on any atom is -0.480 e. The highest BCUT2D eigenvalue weighted by molar-refractivity contribution is 5.83. The molecular weight excluding hydrogens is 242 g/mol. The van der Waals surface area contributed by atoms with E-state index in [0.29, 0.717) is 12.8 Å². The Morgan fingerprint density at radius 3 is 2.42 bits per heavy atom. The molecule has 19 heavy (non-hydrogen) atoms. The number of aryl methyl sites for hydroxylation is 2. The topological polar surface area (TPSA) is 66.4 Å². The van der Waals surface area contributed by atoms with Crippen molar-refractivity contribution in [3.05, 3.63) is 35.4 Å². The van der Waals surface area contributed by atoms with E-state index in [0.717, 1.165) is 11.1 Å². The molecule has 0 aliphatic heterocycles. The molecule has 4 heteroatoms. The summed E-state index contributed by atoms with van der Waals surface area (Å²) in [5.74, 6) is -1.33. The van der Waals surface area contributed by atoms with Crippen LogP contribution in [0.25, 0.3) is 0 Å². The van der Waals surface area contributed by atoms with Gasteiger partial charge in [0.15, 0.2) is 0 Å². The van der Waals surface area contributed by atoms with Gasteiger partial charge in [-0.05, 0) is 30.4 Å². The normalized spacial score (nSPS) is 12.2. The predicted molar refractivity (Wildman–Crippen MR) is 73.9 cm³/mol. The number of carbonyl (C=O) groups is 2. The van der Waals surface area contributed by atoms with E-state index < -0.39 is 12.0 Å². The van der Waals surface area contributed by atoms with Crippen molar-refractivity contribution >= 4 is 11.9 Å². The number of carboxylic acid groups (broad SMARTS) is 1. The van der Waals surface area contributed by atoms with Crippen LogP contribution in [0, 0.1) is 12.8 Å². The number of hydrogen-bond acceptors (Lipinski definition) is 2. The number of carbonyl (C=O) groups excluding carboxylic acids is 1. The average Bonchev–Trinajstić information content (AvgIpc) is 2.34. The molecule has 0 spiro atoms. The molecular formula is C15H21NO3. The smallest absolute Gasteiger partial charge is 0.326 e. The highest BCUT2D eigenvalue weighted by Gasteiger charge is 2.23. The van der Waals surface area contributed by atoms with Crippen LogP contribution < -0.4 is 5.32 Å². The Labute approximate surface area is 113 Å². The molecule has 0 fully saturated rings. The summed E-state index contributed by atoms with van der Waals surface area (Å²) in [6.45, 7) is 5.56. The van der Waals surface area contributed by atoms with E-state index in [1.54, 1.807) is 13.8 Å². The highest BCUT2D eigenvalue weighted by Crippen LogP contribution is 2.10. The van der Waals surface area contributed by atoms with Crippen molar-refractivity contribution in [2.75, 3.05) is 0 Å². The van der Waals surface area contributed by atoms with Crippen molar-refractivity contribution in [2.45, 2.75) is 39.7 Å². The molecule has 0 aliphatic carbocycles. The van der Waals surface area contributed by atoms with Gasteiger partial charge in [0, 0.05) is 6.42 Å². The Morgan fingerprint density at radius 2 is 1.89 bits per heavy atom. The van der Waals surface area contributed by atoms with E-state index in [2.05, 4.69) is 5.32 Å². The van der Waals surface area contributed by atoms with Crippen LogP contribution in [0.15, 0.2) is 24.3 Å². The summed E-state index contributed by atoms with van der Waals surface area (Å²) < 4.78 is 0. The minimum absolute atomic E-state index is 0.125. The first-order valence-electron chi connectivity index (χ1n) is 6.48. The summed E-state index contributed by atoms with van der Waals surface area (Å²) in [4.78, 5) is 22.8. The van der Waals surface area contributed by atoms with Gasteiger partial charge in [0.1, 0.15) is 6.04 Å². The second kappa shape index (κ2) is 6.92. The number of aliphatic carboxylic acids is 1. The van der Waals surface area contributed by atoms with Crippen molar-refractivity contribution in [1.82, 2.24) is 5.32 Å². The van der Waals surface area contributed by atoms with Gasteiger partial charge in [0.25, 0.3) is 0 Å². The van der Waals surface area contributed by atoms with Gasteiger partial charge in [-0.15, -0.1) is 0 Å². The molecule has 4 nitrogen and oxygen atoms in total. The van der Waals surface area contributed by atoms with Gasteiger partial charge >= 0.3 is 5.97 Å². The molecule has 0 unspecified atom stereocenters. The van der Waals surface area contributed by atoms with Gasteiger partial charge in [0.2, 0.25) is 5.91 Å². The molecule has 0 heterocycles. The first kappa shape index (κ1) is 15.2. The van der Waals surface area contributed by atoms with Crippen molar-refractivity contribution in [3.8, 4) is 0 Å². The molecule has 0 radical (unpaired) electrons. The lowest BCUT2D eigenvalue weighted by Crippen LogP contribution is -2.44. The number of carboxylic acids is 1. The summed E-state index contributed by atoms with van der Waals surface area (Å²) >= 11 is 0. The Hall–Kier alpha value is -1.84. The van der Waals surface area contributed by atoms with Crippen LogP contribution in [-0.4, -0.2) is 23.0 Å². The number of nitrogens with one attached hydrogen (secondary N) is 1.